The summed E-state index contributed by atoms with van der Waals surface area (Å²) in [6.45, 7) is 11.2. The number of imidazole rings is 1. The maximum atomic E-state index is 12.7. The molecule has 36 heavy (non-hydrogen) atoms. The summed E-state index contributed by atoms with van der Waals surface area (Å²) in [7, 11) is 0. The molecule has 1 aromatic carbocycles. The van der Waals surface area contributed by atoms with Crippen LogP contribution < -0.4 is 0 Å². The lowest BCUT2D eigenvalue weighted by Gasteiger charge is -2.40. The van der Waals surface area contributed by atoms with Gasteiger partial charge < -0.3 is 14.2 Å². The first-order valence-electron chi connectivity index (χ1n) is 12.3. The zero-order valence-corrected chi connectivity index (χ0v) is 22.8. The number of pyridine rings is 1. The molecule has 5 rings (SSSR count). The number of aryl methyl sites for hydroxylation is 1. The summed E-state index contributed by atoms with van der Waals surface area (Å²) in [5, 5.41) is 0. The SMILES string of the molecule is Cc1nccn1CC1=Cc2ccccc2[C@H](N2CCN(C(=O)OC(C)(C)C)CC2)c2ncc(Br)cc21. The first kappa shape index (κ1) is 24.7. The number of aromatic nitrogens is 3. The van der Waals surface area contributed by atoms with Gasteiger partial charge in [0.05, 0.1) is 11.7 Å². The van der Waals surface area contributed by atoms with Crippen molar-refractivity contribution in [2.75, 3.05) is 26.2 Å². The van der Waals surface area contributed by atoms with Crippen molar-refractivity contribution in [1.82, 2.24) is 24.3 Å². The number of nitrogens with zero attached hydrogens (tertiary/aromatic N) is 5. The van der Waals surface area contributed by atoms with Crippen LogP contribution in [0.3, 0.4) is 0 Å². The van der Waals surface area contributed by atoms with Crippen molar-refractivity contribution in [2.24, 2.45) is 0 Å². The third kappa shape index (κ3) is 5.11. The minimum Gasteiger partial charge on any atom is -0.444 e. The van der Waals surface area contributed by atoms with Crippen molar-refractivity contribution in [1.29, 1.82) is 0 Å². The van der Waals surface area contributed by atoms with Gasteiger partial charge in [0.2, 0.25) is 0 Å². The van der Waals surface area contributed by atoms with Gasteiger partial charge in [0.15, 0.2) is 0 Å². The largest absolute Gasteiger partial charge is 0.444 e. The lowest BCUT2D eigenvalue weighted by atomic mass is 9.95. The van der Waals surface area contributed by atoms with Crippen LogP contribution in [0.25, 0.3) is 11.6 Å². The van der Waals surface area contributed by atoms with Crippen LogP contribution in [0.1, 0.15) is 55.0 Å². The number of fused-ring (bicyclic) bond motifs is 2. The summed E-state index contributed by atoms with van der Waals surface area (Å²) in [5.41, 5.74) is 5.30. The van der Waals surface area contributed by atoms with Crippen LogP contribution in [0.5, 0.6) is 0 Å². The summed E-state index contributed by atoms with van der Waals surface area (Å²) in [4.78, 5) is 26.3. The summed E-state index contributed by atoms with van der Waals surface area (Å²) in [5.74, 6) is 0.979. The van der Waals surface area contributed by atoms with E-state index >= 15 is 0 Å². The first-order chi connectivity index (χ1) is 17.2. The molecule has 1 aliphatic heterocycles. The minimum atomic E-state index is -0.500. The Hall–Kier alpha value is -2.97. The number of allylic oxidation sites excluding steroid dienone is 1. The van der Waals surface area contributed by atoms with E-state index in [0.29, 0.717) is 19.6 Å². The topological polar surface area (TPSA) is 63.5 Å². The van der Waals surface area contributed by atoms with Crippen LogP contribution in [0.2, 0.25) is 0 Å². The predicted molar refractivity (Wildman–Crippen MR) is 144 cm³/mol. The fourth-order valence-corrected chi connectivity index (χ4v) is 5.30. The van der Waals surface area contributed by atoms with Crippen molar-refractivity contribution >= 4 is 33.7 Å². The molecule has 0 radical (unpaired) electrons. The minimum absolute atomic E-state index is 0.0114. The second-order valence-corrected chi connectivity index (χ2v) is 11.3. The molecule has 1 amide bonds. The number of halogens is 1. The Bertz CT molecular complexity index is 1300. The number of hydrogen-bond acceptors (Lipinski definition) is 5. The van der Waals surface area contributed by atoms with Crippen LogP contribution in [0, 0.1) is 6.92 Å². The lowest BCUT2D eigenvalue weighted by molar-refractivity contribution is 0.0118. The van der Waals surface area contributed by atoms with E-state index in [-0.39, 0.29) is 12.1 Å². The van der Waals surface area contributed by atoms with E-state index in [1.807, 2.05) is 51.2 Å². The highest BCUT2D eigenvalue weighted by atomic mass is 79.9. The quantitative estimate of drug-likeness (QED) is 0.428. The van der Waals surface area contributed by atoms with Gasteiger partial charge in [-0.3, -0.25) is 9.88 Å². The Morgan fingerprint density at radius 2 is 1.89 bits per heavy atom. The number of benzene rings is 1. The zero-order valence-electron chi connectivity index (χ0n) is 21.2. The molecule has 1 saturated heterocycles. The van der Waals surface area contributed by atoms with Gasteiger partial charge in [-0.25, -0.2) is 9.78 Å². The molecule has 2 aliphatic rings. The third-order valence-corrected chi connectivity index (χ3v) is 7.14. The standard InChI is InChI=1S/C28H32BrN5O2/c1-19-30-9-10-34(19)18-21-15-20-7-5-6-8-23(20)26(25-24(21)16-22(29)17-31-25)32-11-13-33(14-12-32)27(35)36-28(2,3)4/h5-10,15-17,26H,11-14,18H2,1-4H3/t26-/m0/s1. The van der Waals surface area contributed by atoms with Crippen molar-refractivity contribution in [3.05, 3.63) is 81.6 Å². The maximum Gasteiger partial charge on any atom is 0.410 e. The molecule has 3 heterocycles. The predicted octanol–water partition coefficient (Wildman–Crippen LogP) is 5.55. The molecule has 188 valence electrons. The molecule has 1 atom stereocenters. The Balaban J connectivity index is 1.50. The van der Waals surface area contributed by atoms with Crippen molar-refractivity contribution < 1.29 is 9.53 Å². The smallest absolute Gasteiger partial charge is 0.410 e. The Labute approximate surface area is 220 Å². The third-order valence-electron chi connectivity index (χ3n) is 6.71. The molecule has 1 fully saturated rings. The van der Waals surface area contributed by atoms with Crippen LogP contribution in [0.15, 0.2) is 53.4 Å². The summed E-state index contributed by atoms with van der Waals surface area (Å²) in [6.07, 6.45) is 7.79. The molecule has 1 aliphatic carbocycles. The molecule has 0 N–H and O–H groups in total. The second-order valence-electron chi connectivity index (χ2n) is 10.4. The molecule has 0 bridgehead atoms. The van der Waals surface area contributed by atoms with E-state index in [9.17, 15) is 4.79 Å². The fourth-order valence-electron chi connectivity index (χ4n) is 4.97. The number of piperazine rings is 1. The summed E-state index contributed by atoms with van der Waals surface area (Å²) < 4.78 is 8.73. The molecular formula is C28H32BrN5O2. The van der Waals surface area contributed by atoms with Gasteiger partial charge in [-0.1, -0.05) is 24.3 Å². The van der Waals surface area contributed by atoms with Gasteiger partial charge in [0.1, 0.15) is 11.4 Å². The van der Waals surface area contributed by atoms with Crippen molar-refractivity contribution in [2.45, 2.75) is 45.9 Å². The van der Waals surface area contributed by atoms with Gasteiger partial charge in [-0.15, -0.1) is 0 Å². The number of ether oxygens (including phenoxy) is 1. The van der Waals surface area contributed by atoms with Gasteiger partial charge in [-0.05, 0) is 72.5 Å². The van der Waals surface area contributed by atoms with E-state index in [2.05, 4.69) is 66.8 Å². The van der Waals surface area contributed by atoms with Gasteiger partial charge in [-0.2, -0.15) is 0 Å². The monoisotopic (exact) mass is 549 g/mol. The number of rotatable bonds is 3. The highest BCUT2D eigenvalue weighted by Crippen LogP contribution is 2.40. The molecule has 2 aromatic heterocycles. The summed E-state index contributed by atoms with van der Waals surface area (Å²) >= 11 is 3.65. The van der Waals surface area contributed by atoms with Gasteiger partial charge in [0.25, 0.3) is 0 Å². The molecule has 3 aromatic rings. The molecule has 0 unspecified atom stereocenters. The van der Waals surface area contributed by atoms with Crippen LogP contribution in [-0.2, 0) is 11.3 Å². The van der Waals surface area contributed by atoms with E-state index in [0.717, 1.165) is 34.6 Å². The average molecular weight is 551 g/mol. The lowest BCUT2D eigenvalue weighted by Crippen LogP contribution is -2.51. The number of hydrogen-bond donors (Lipinski definition) is 0. The highest BCUT2D eigenvalue weighted by Gasteiger charge is 2.34. The Morgan fingerprint density at radius 3 is 2.58 bits per heavy atom. The molecule has 7 nitrogen and oxygen atoms in total. The van der Waals surface area contributed by atoms with E-state index < -0.39 is 5.60 Å². The average Bonchev–Trinajstić information content (AvgIpc) is 3.18. The molecule has 0 saturated carbocycles. The zero-order chi connectivity index (χ0) is 25.4. The Kier molecular flexibility index (Phi) is 6.74. The van der Waals surface area contributed by atoms with Crippen molar-refractivity contribution in [3.63, 3.8) is 0 Å². The molecule has 0 spiro atoms. The van der Waals surface area contributed by atoms with Crippen molar-refractivity contribution in [3.8, 4) is 0 Å². The summed E-state index contributed by atoms with van der Waals surface area (Å²) in [6, 6.07) is 10.7. The number of carbonyl (C=O) groups is 1. The normalized spacial score (nSPS) is 18.2. The van der Waals surface area contributed by atoms with Gasteiger partial charge >= 0.3 is 6.09 Å². The maximum absolute atomic E-state index is 12.7. The number of amides is 1. The highest BCUT2D eigenvalue weighted by molar-refractivity contribution is 9.10. The van der Waals surface area contributed by atoms with Crippen LogP contribution in [0.4, 0.5) is 4.79 Å². The van der Waals surface area contributed by atoms with E-state index in [1.165, 1.54) is 16.7 Å². The van der Waals surface area contributed by atoms with Crippen LogP contribution in [-0.4, -0.2) is 62.2 Å². The molecular weight excluding hydrogens is 518 g/mol. The fraction of sp³-hybridized carbons (Fsp3) is 0.393. The first-order valence-corrected chi connectivity index (χ1v) is 13.1. The van der Waals surface area contributed by atoms with Crippen LogP contribution >= 0.6 is 15.9 Å². The number of carbonyl (C=O) groups excluding carboxylic acids is 1. The second kappa shape index (κ2) is 9.82. The molecule has 8 heteroatoms. The van der Waals surface area contributed by atoms with E-state index in [1.54, 1.807) is 0 Å². The van der Waals surface area contributed by atoms with Gasteiger partial charge in [0, 0.05) is 61.4 Å². The Morgan fingerprint density at radius 1 is 1.14 bits per heavy atom. The van der Waals surface area contributed by atoms with E-state index in [4.69, 9.17) is 9.72 Å².